The highest BCUT2D eigenvalue weighted by atomic mass is 16.4. The summed E-state index contributed by atoms with van der Waals surface area (Å²) in [4.78, 5) is 304. The Balaban J connectivity index is 0.666. The third-order valence-corrected chi connectivity index (χ3v) is 25.2. The zero-order valence-corrected chi connectivity index (χ0v) is 77.8. The lowest BCUT2D eigenvalue weighted by Crippen LogP contribution is -2.61. The molecule has 20 amide bonds. The van der Waals surface area contributed by atoms with E-state index in [-0.39, 0.29) is 121 Å². The Kier molecular flexibility index (Phi) is 39.4. The number of imidazole rings is 1. The van der Waals surface area contributed by atoms with Crippen LogP contribution in [0.1, 0.15) is 147 Å². The van der Waals surface area contributed by atoms with Gasteiger partial charge in [0, 0.05) is 107 Å². The SMILES string of the molecule is CC(=O)N1CCC[C@H]1C(=O)NCC(=O)N1CCC[C@H]1C(=O)NCC(=O)N1CCC[C@H]1C(=O)NCC(=O)N1CCC[C@H]1C(=O)NCC(=O)N1CCC[C@H]1C(=O)NCC(=O)N1CCC[C@H]1C(=O)NCC(=O)N[C@@H](CO)C(=O)N[C@@H](CC(C)C)C(=O)N[C@@H](CCC(=O)O)C(=O)N[C@@H](Cc1cnc[nH]1)C(=O)N[C@H](Cc1ccccc1)C(=O)N[C@@H](CCCNC(=N)N)C(=O)N[C@@H](Cc1c[nH]c2ccccc12)C(N)=O. The quantitative estimate of drug-likeness (QED) is 0.0111. The van der Waals surface area contributed by atoms with Crippen LogP contribution in [-0.2, 0) is 120 Å². The number of nitrogens with one attached hydrogen (secondary N) is 17. The summed E-state index contributed by atoms with van der Waals surface area (Å²) in [5.74, 6) is -17.3. The van der Waals surface area contributed by atoms with E-state index in [9.17, 15) is 111 Å². The van der Waals surface area contributed by atoms with E-state index >= 15 is 0 Å². The number of H-pyrrole nitrogens is 2. The molecule has 13 atom stereocenters. The fraction of sp³-hybridized carbons (Fsp3) is 0.567. The van der Waals surface area contributed by atoms with E-state index < -0.39 is 261 Å². The van der Waals surface area contributed by atoms with E-state index in [1.54, 1.807) is 56.4 Å². The van der Waals surface area contributed by atoms with Crippen LogP contribution < -0.4 is 85.9 Å². The van der Waals surface area contributed by atoms with Gasteiger partial charge in [0.2, 0.25) is 118 Å². The second-order valence-electron chi connectivity index (χ2n) is 35.6. The molecule has 8 heterocycles. The van der Waals surface area contributed by atoms with Crippen LogP contribution in [-0.4, -0.2) is 355 Å². The van der Waals surface area contributed by atoms with E-state index in [1.165, 1.54) is 48.8 Å². The number of carbonyl (C=O) groups excluding carboxylic acids is 20. The van der Waals surface area contributed by atoms with Gasteiger partial charge >= 0.3 is 5.97 Å². The number of aliphatic carboxylic acids is 1. The maximum absolute atomic E-state index is 14.9. The molecule has 6 aliphatic rings. The van der Waals surface area contributed by atoms with Crippen molar-refractivity contribution in [2.24, 2.45) is 17.4 Å². The van der Waals surface area contributed by atoms with E-state index in [0.29, 0.717) is 69.0 Å². The lowest BCUT2D eigenvalue weighted by atomic mass is 10.0. The number of rotatable bonds is 48. The van der Waals surface area contributed by atoms with Gasteiger partial charge in [0.25, 0.3) is 0 Å². The summed E-state index contributed by atoms with van der Waals surface area (Å²) in [6, 6.07) is -1.16. The van der Waals surface area contributed by atoms with Crippen LogP contribution in [0.25, 0.3) is 10.9 Å². The number of fused-ring (bicyclic) bond motifs is 1. The molecule has 139 heavy (non-hydrogen) atoms. The van der Waals surface area contributed by atoms with Crippen molar-refractivity contribution in [1.82, 2.24) is 119 Å². The fourth-order valence-corrected chi connectivity index (χ4v) is 18.0. The molecule has 754 valence electrons. The summed E-state index contributed by atoms with van der Waals surface area (Å²) in [6.07, 6.45) is 6.46. The van der Waals surface area contributed by atoms with Gasteiger partial charge in [-0.15, -0.1) is 0 Å². The number of carboxylic acids is 1. The molecule has 4 aromatic rings. The Morgan fingerprint density at radius 1 is 0.432 bits per heavy atom. The van der Waals surface area contributed by atoms with Crippen molar-refractivity contribution in [2.45, 2.75) is 228 Å². The third-order valence-electron chi connectivity index (χ3n) is 25.2. The Labute approximate surface area is 799 Å². The molecule has 0 aliphatic carbocycles. The number of carboxylic acid groups (broad SMARTS) is 1. The summed E-state index contributed by atoms with van der Waals surface area (Å²) in [5, 5.41) is 64.5. The Morgan fingerprint density at radius 3 is 1.22 bits per heavy atom. The molecule has 2 aromatic heterocycles. The molecular weight excluding hydrogens is 1810 g/mol. The Bertz CT molecular complexity index is 5150. The first kappa shape index (κ1) is 106. The number of aliphatic hydroxyl groups is 1. The van der Waals surface area contributed by atoms with Crippen molar-refractivity contribution in [3.05, 3.63) is 90.1 Å². The minimum absolute atomic E-state index is 0.0427. The number of para-hydroxylation sites is 1. The van der Waals surface area contributed by atoms with Gasteiger partial charge in [0.15, 0.2) is 5.96 Å². The highest BCUT2D eigenvalue weighted by Gasteiger charge is 2.44. The Morgan fingerprint density at radius 2 is 0.806 bits per heavy atom. The van der Waals surface area contributed by atoms with Gasteiger partial charge in [0.1, 0.15) is 78.5 Å². The van der Waals surface area contributed by atoms with Crippen LogP contribution in [0.2, 0.25) is 0 Å². The molecule has 0 bridgehead atoms. The number of carbonyl (C=O) groups is 21. The molecule has 10 rings (SSSR count). The number of guanidine groups is 1. The van der Waals surface area contributed by atoms with Gasteiger partial charge in [-0.1, -0.05) is 62.4 Å². The molecule has 0 unspecified atom stereocenters. The monoisotopic (exact) mass is 1940 g/mol. The third kappa shape index (κ3) is 30.4. The maximum Gasteiger partial charge on any atom is 0.303 e. The number of nitrogens with two attached hydrogens (primary N) is 2. The van der Waals surface area contributed by atoms with Crippen molar-refractivity contribution in [2.75, 3.05) is 91.7 Å². The number of amides is 20. The number of aromatic nitrogens is 3. The predicted octanol–water partition coefficient (Wildman–Crippen LogP) is -7.37. The van der Waals surface area contributed by atoms with E-state index in [1.807, 2.05) is 18.2 Å². The highest BCUT2D eigenvalue weighted by Crippen LogP contribution is 2.26. The van der Waals surface area contributed by atoms with Crippen molar-refractivity contribution in [1.29, 1.82) is 5.41 Å². The molecule has 0 spiro atoms. The van der Waals surface area contributed by atoms with E-state index in [2.05, 4.69) is 89.4 Å². The molecule has 6 saturated heterocycles. The molecule has 6 aliphatic heterocycles. The molecule has 49 nitrogen and oxygen atoms in total. The van der Waals surface area contributed by atoms with Crippen molar-refractivity contribution < 1.29 is 111 Å². The summed E-state index contributed by atoms with van der Waals surface area (Å²) >= 11 is 0. The largest absolute Gasteiger partial charge is 0.481 e. The van der Waals surface area contributed by atoms with Gasteiger partial charge in [-0.2, -0.15) is 0 Å². The minimum atomic E-state index is -1.79. The van der Waals surface area contributed by atoms with Crippen LogP contribution in [0.3, 0.4) is 0 Å². The molecule has 49 heteroatoms. The number of hydrogen-bond donors (Lipinski definition) is 21. The van der Waals surface area contributed by atoms with Gasteiger partial charge in [-0.25, -0.2) is 4.98 Å². The van der Waals surface area contributed by atoms with Gasteiger partial charge < -0.3 is 135 Å². The molecule has 6 fully saturated rings. The van der Waals surface area contributed by atoms with E-state index in [4.69, 9.17) is 16.9 Å². The number of primary amides is 1. The van der Waals surface area contributed by atoms with Crippen LogP contribution in [0.5, 0.6) is 0 Å². The lowest BCUT2D eigenvalue weighted by Gasteiger charge is -2.28. The van der Waals surface area contributed by atoms with Crippen LogP contribution in [0, 0.1) is 11.3 Å². The number of hydrogen-bond acceptors (Lipinski definition) is 24. The first-order valence-electron chi connectivity index (χ1n) is 46.8. The first-order valence-corrected chi connectivity index (χ1v) is 46.8. The fourth-order valence-electron chi connectivity index (χ4n) is 18.0. The van der Waals surface area contributed by atoms with Gasteiger partial charge in [-0.3, -0.25) is 106 Å². The molecule has 23 N–H and O–H groups in total. The first-order chi connectivity index (χ1) is 66.5. The standard InChI is InChI=1S/C90H126N26O23/c1-50(2)36-60(80(130)106-58(27-28-76(125)126)79(129)110-62(39-54-41-94-49-103-54)82(132)109-61(37-52-16-5-4-6-17-52)81(131)105-57(20-9-29-95-90(92)93)78(128)107-59(77(91)127)38-53-40-96-56-19-8-7-18-55(53)56)108-83(133)63(48-117)104-70(119)42-97-85(135)65-22-11-31-112(65)72(121)44-99-87(137)67-24-13-33-114(67)74(123)46-101-89(139)69-26-15-35-116(69)75(124)47-102-88(138)68-25-14-34-115(68)73(122)45-100-86(136)66-23-12-32-113(66)71(120)43-98-84(134)64-21-10-30-111(64)51(3)118/h4-8,16-19,40-41,49-50,57-69,96,117H,9-15,20-39,42-48H2,1-3H3,(H2,91,127)(H,94,103)(H,97,135)(H,98,134)(H,99,137)(H,100,136)(H,101,139)(H,102,138)(H,104,119)(H,105,131)(H,106,130)(H,107,128)(H,108,133)(H,109,132)(H,110,129)(H,125,126)(H4,92,93,95)/t57-,58-,59-,60-,61+,62-,63-,64-,65-,66-,67-,68-,69-/m0/s1. The highest BCUT2D eigenvalue weighted by molar-refractivity contribution is 6.02. The lowest BCUT2D eigenvalue weighted by molar-refractivity contribution is -0.142. The topological polar surface area (TPSA) is 707 Å². The minimum Gasteiger partial charge on any atom is -0.481 e. The van der Waals surface area contributed by atoms with Crippen LogP contribution >= 0.6 is 0 Å². The maximum atomic E-state index is 14.9. The smallest absolute Gasteiger partial charge is 0.303 e. The summed E-state index contributed by atoms with van der Waals surface area (Å²) in [5.41, 5.74) is 13.6. The molecular formula is C90H126N26O23. The predicted molar refractivity (Wildman–Crippen MR) is 492 cm³/mol. The second kappa shape index (κ2) is 51.5. The second-order valence-corrected chi connectivity index (χ2v) is 35.6. The van der Waals surface area contributed by atoms with E-state index in [0.717, 1.165) is 10.9 Å². The average Bonchev–Trinajstić information content (AvgIpc) is 1.71. The zero-order valence-electron chi connectivity index (χ0n) is 77.8. The average molecular weight is 1940 g/mol. The zero-order chi connectivity index (χ0) is 101. The molecule has 0 radical (unpaired) electrons. The van der Waals surface area contributed by atoms with Crippen LogP contribution in [0.4, 0.5) is 0 Å². The summed E-state index contributed by atoms with van der Waals surface area (Å²) < 4.78 is 0. The van der Waals surface area contributed by atoms with Gasteiger partial charge in [-0.05, 0) is 126 Å². The number of likely N-dealkylation sites (tertiary alicyclic amines) is 6. The summed E-state index contributed by atoms with van der Waals surface area (Å²) in [7, 11) is 0. The normalized spacial score (nSPS) is 19.2. The number of benzene rings is 2. The van der Waals surface area contributed by atoms with Crippen molar-refractivity contribution in [3.63, 3.8) is 0 Å². The number of aromatic amines is 2. The van der Waals surface area contributed by atoms with Gasteiger partial charge in [0.05, 0.1) is 52.2 Å². The van der Waals surface area contributed by atoms with Crippen LogP contribution in [0.15, 0.2) is 73.3 Å². The number of aliphatic hydroxyl groups excluding tert-OH is 1. The van der Waals surface area contributed by atoms with Crippen molar-refractivity contribution >= 4 is 141 Å². The Hall–Kier alpha value is -14.7. The molecule has 2 aromatic carbocycles. The van der Waals surface area contributed by atoms with Crippen molar-refractivity contribution in [3.8, 4) is 0 Å². The molecule has 0 saturated carbocycles. The summed E-state index contributed by atoms with van der Waals surface area (Å²) in [6.45, 7) is 1.46. The number of nitrogens with zero attached hydrogens (tertiary/aromatic N) is 7.